The van der Waals surface area contributed by atoms with Crippen molar-refractivity contribution in [3.05, 3.63) is 0 Å². The van der Waals surface area contributed by atoms with Crippen LogP contribution in [0.5, 0.6) is 0 Å². The first kappa shape index (κ1) is 15.9. The highest BCUT2D eigenvalue weighted by Crippen LogP contribution is 2.09. The largest absolute Gasteiger partial charge is 0.380 e. The molecule has 0 rings (SSSR count). The summed E-state index contributed by atoms with van der Waals surface area (Å²) in [5.74, 6) is 0. The van der Waals surface area contributed by atoms with Crippen molar-refractivity contribution in [3.63, 3.8) is 0 Å². The highest BCUT2D eigenvalue weighted by Gasteiger charge is 2.01. The topological polar surface area (TPSA) is 35.2 Å². The van der Waals surface area contributed by atoms with E-state index in [0.29, 0.717) is 0 Å². The van der Waals surface area contributed by atoms with Crippen LogP contribution in [-0.2, 0) is 4.74 Å². The second-order valence-electron chi connectivity index (χ2n) is 4.74. The van der Waals surface area contributed by atoms with E-state index in [1.165, 1.54) is 44.9 Å². The molecule has 0 aromatic heterocycles. The summed E-state index contributed by atoms with van der Waals surface area (Å²) < 4.78 is 5.43. The van der Waals surface area contributed by atoms with Crippen LogP contribution in [0.15, 0.2) is 0 Å². The average molecular weight is 229 g/mol. The molecule has 0 saturated heterocycles. The van der Waals surface area contributed by atoms with Crippen molar-refractivity contribution >= 4 is 0 Å². The normalized spacial score (nSPS) is 12.9. The maximum absolute atomic E-state index is 5.95. The van der Waals surface area contributed by atoms with Gasteiger partial charge in [-0.25, -0.2) is 0 Å². The molecule has 0 radical (unpaired) electrons. The molecule has 16 heavy (non-hydrogen) atoms. The summed E-state index contributed by atoms with van der Waals surface area (Å²) in [6, 6.07) is 0.252. The smallest absolute Gasteiger partial charge is 0.0617 e. The third kappa shape index (κ3) is 12.0. The summed E-state index contributed by atoms with van der Waals surface area (Å²) in [6.07, 6.45) is 11.7. The molecule has 0 saturated carbocycles. The molecular formula is C14H31NO. The lowest BCUT2D eigenvalue weighted by Gasteiger charge is -2.11. The van der Waals surface area contributed by atoms with Gasteiger partial charge in [-0.05, 0) is 12.8 Å². The molecule has 2 heteroatoms. The summed E-state index contributed by atoms with van der Waals surface area (Å²) in [6.45, 7) is 5.98. The van der Waals surface area contributed by atoms with Gasteiger partial charge in [0.2, 0.25) is 0 Å². The van der Waals surface area contributed by atoms with Crippen LogP contribution < -0.4 is 5.73 Å². The Balaban J connectivity index is 3.06. The van der Waals surface area contributed by atoms with Crippen LogP contribution in [0.4, 0.5) is 0 Å². The summed E-state index contributed by atoms with van der Waals surface area (Å²) in [5, 5.41) is 0. The van der Waals surface area contributed by atoms with Crippen molar-refractivity contribution in [2.45, 2.75) is 77.7 Å². The number of hydrogen-bond acceptors (Lipinski definition) is 2. The molecule has 0 spiro atoms. The lowest BCUT2D eigenvalue weighted by molar-refractivity contribution is 0.118. The van der Waals surface area contributed by atoms with E-state index >= 15 is 0 Å². The number of ether oxygens (including phenoxy) is 1. The van der Waals surface area contributed by atoms with Gasteiger partial charge >= 0.3 is 0 Å². The molecule has 0 amide bonds. The van der Waals surface area contributed by atoms with Gasteiger partial charge in [-0.1, -0.05) is 58.8 Å². The quantitative estimate of drug-likeness (QED) is 0.515. The minimum atomic E-state index is 0.252. The summed E-state index contributed by atoms with van der Waals surface area (Å²) in [5.41, 5.74) is 5.95. The van der Waals surface area contributed by atoms with Crippen LogP contribution in [0.25, 0.3) is 0 Å². The monoisotopic (exact) mass is 229 g/mol. The Bertz CT molecular complexity index is 128. The van der Waals surface area contributed by atoms with Gasteiger partial charge in [0.05, 0.1) is 6.61 Å². The van der Waals surface area contributed by atoms with E-state index < -0.39 is 0 Å². The number of hydrogen-bond donors (Lipinski definition) is 1. The minimum Gasteiger partial charge on any atom is -0.380 e. The van der Waals surface area contributed by atoms with Crippen molar-refractivity contribution in [1.29, 1.82) is 0 Å². The van der Waals surface area contributed by atoms with E-state index in [-0.39, 0.29) is 6.04 Å². The molecule has 0 aliphatic rings. The summed E-state index contributed by atoms with van der Waals surface area (Å²) in [4.78, 5) is 0. The Hall–Kier alpha value is -0.0800. The van der Waals surface area contributed by atoms with E-state index in [4.69, 9.17) is 10.5 Å². The van der Waals surface area contributed by atoms with E-state index in [2.05, 4.69) is 13.8 Å². The van der Waals surface area contributed by atoms with E-state index in [1.54, 1.807) is 0 Å². The van der Waals surface area contributed by atoms with Crippen molar-refractivity contribution in [3.8, 4) is 0 Å². The molecule has 0 aliphatic carbocycles. The first-order valence-corrected chi connectivity index (χ1v) is 7.14. The fourth-order valence-corrected chi connectivity index (χ4v) is 1.83. The zero-order valence-electron chi connectivity index (χ0n) is 11.3. The van der Waals surface area contributed by atoms with Gasteiger partial charge in [0.1, 0.15) is 0 Å². The van der Waals surface area contributed by atoms with Gasteiger partial charge in [0.25, 0.3) is 0 Å². The second-order valence-corrected chi connectivity index (χ2v) is 4.74. The molecule has 0 aromatic carbocycles. The third-order valence-electron chi connectivity index (χ3n) is 2.86. The highest BCUT2D eigenvalue weighted by molar-refractivity contribution is 4.60. The van der Waals surface area contributed by atoms with E-state index in [1.807, 2.05) is 0 Å². The van der Waals surface area contributed by atoms with Gasteiger partial charge in [-0.2, -0.15) is 0 Å². The lowest BCUT2D eigenvalue weighted by Crippen LogP contribution is -2.26. The van der Waals surface area contributed by atoms with Crippen molar-refractivity contribution < 1.29 is 4.74 Å². The number of rotatable bonds is 12. The van der Waals surface area contributed by atoms with Gasteiger partial charge in [0.15, 0.2) is 0 Å². The van der Waals surface area contributed by atoms with Crippen LogP contribution >= 0.6 is 0 Å². The fourth-order valence-electron chi connectivity index (χ4n) is 1.83. The Morgan fingerprint density at radius 1 is 0.875 bits per heavy atom. The van der Waals surface area contributed by atoms with E-state index in [9.17, 15) is 0 Å². The van der Waals surface area contributed by atoms with Crippen LogP contribution in [0.2, 0.25) is 0 Å². The summed E-state index contributed by atoms with van der Waals surface area (Å²) >= 11 is 0. The van der Waals surface area contributed by atoms with Gasteiger partial charge in [-0.3, -0.25) is 0 Å². The van der Waals surface area contributed by atoms with Crippen molar-refractivity contribution in [2.75, 3.05) is 13.2 Å². The van der Waals surface area contributed by atoms with Crippen LogP contribution in [0.3, 0.4) is 0 Å². The van der Waals surface area contributed by atoms with Crippen LogP contribution in [0.1, 0.15) is 71.6 Å². The molecule has 0 heterocycles. The second kappa shape index (κ2) is 13.0. The van der Waals surface area contributed by atoms with Gasteiger partial charge in [-0.15, -0.1) is 0 Å². The summed E-state index contributed by atoms with van der Waals surface area (Å²) in [7, 11) is 0. The van der Waals surface area contributed by atoms with Crippen LogP contribution in [0, 0.1) is 0 Å². The van der Waals surface area contributed by atoms with Crippen molar-refractivity contribution in [1.82, 2.24) is 0 Å². The predicted molar refractivity (Wildman–Crippen MR) is 71.7 cm³/mol. The number of nitrogens with two attached hydrogens (primary N) is 1. The average Bonchev–Trinajstić information content (AvgIpc) is 2.28. The lowest BCUT2D eigenvalue weighted by atomic mass is 10.1. The van der Waals surface area contributed by atoms with Gasteiger partial charge in [0, 0.05) is 12.6 Å². The molecule has 0 aliphatic heterocycles. The molecule has 98 valence electrons. The van der Waals surface area contributed by atoms with E-state index in [0.717, 1.165) is 26.1 Å². The SMILES string of the molecule is CCCCCCCCCC(N)COCCC. The molecule has 1 unspecified atom stereocenters. The molecule has 0 fully saturated rings. The molecule has 0 bridgehead atoms. The Morgan fingerprint density at radius 2 is 1.50 bits per heavy atom. The predicted octanol–water partition coefficient (Wildman–Crippen LogP) is 3.88. The first-order valence-electron chi connectivity index (χ1n) is 7.14. The fraction of sp³-hybridized carbons (Fsp3) is 1.00. The first-order chi connectivity index (χ1) is 7.81. The highest BCUT2D eigenvalue weighted by atomic mass is 16.5. The molecule has 1 atom stereocenters. The van der Waals surface area contributed by atoms with Gasteiger partial charge < -0.3 is 10.5 Å². The standard InChI is InChI=1S/C14H31NO/c1-3-5-6-7-8-9-10-11-14(15)13-16-12-4-2/h14H,3-13,15H2,1-2H3. The Morgan fingerprint density at radius 3 is 2.12 bits per heavy atom. The van der Waals surface area contributed by atoms with Crippen molar-refractivity contribution in [2.24, 2.45) is 5.73 Å². The zero-order valence-corrected chi connectivity index (χ0v) is 11.3. The Labute approximate surface area is 102 Å². The maximum atomic E-state index is 5.95. The minimum absolute atomic E-state index is 0.252. The third-order valence-corrected chi connectivity index (χ3v) is 2.86. The zero-order chi connectivity index (χ0) is 12.1. The molecule has 0 aromatic rings. The van der Waals surface area contributed by atoms with Crippen LogP contribution in [-0.4, -0.2) is 19.3 Å². The molecule has 2 nitrogen and oxygen atoms in total. The molecule has 2 N–H and O–H groups in total. The maximum Gasteiger partial charge on any atom is 0.0617 e. The molecular weight excluding hydrogens is 198 g/mol. The number of unbranched alkanes of at least 4 members (excludes halogenated alkanes) is 6. The Kier molecular flexibility index (Phi) is 12.9.